The number of hydrogen-bond donors (Lipinski definition) is 5. The summed E-state index contributed by atoms with van der Waals surface area (Å²) in [5.41, 5.74) is 0. The summed E-state index contributed by atoms with van der Waals surface area (Å²) in [6, 6.07) is -1.11. The molecule has 0 bridgehead atoms. The van der Waals surface area contributed by atoms with Gasteiger partial charge in [0.05, 0.1) is 13.2 Å². The predicted octanol–water partition coefficient (Wildman–Crippen LogP) is -2.41. The van der Waals surface area contributed by atoms with E-state index in [1.165, 1.54) is 6.92 Å². The molecule has 3 aliphatic heterocycles. The van der Waals surface area contributed by atoms with Crippen LogP contribution < -0.4 is 5.32 Å². The van der Waals surface area contributed by atoms with Crippen LogP contribution in [0.3, 0.4) is 0 Å². The molecule has 0 spiro atoms. The monoisotopic (exact) mass is 451 g/mol. The summed E-state index contributed by atoms with van der Waals surface area (Å²) < 4.78 is 34.2. The largest absolute Gasteiger partial charge is 0.394 e. The normalized spacial score (nSPS) is 42.9. The number of carbonyl (C=O) groups excluding carboxylic acids is 1. The minimum Gasteiger partial charge on any atom is -0.394 e. The number of fused-ring (bicyclic) bond motifs is 1. The first-order valence-corrected chi connectivity index (χ1v) is 10.4. The topological polar surface area (TPSA) is 165 Å². The molecule has 3 rings (SSSR count). The van der Waals surface area contributed by atoms with E-state index < -0.39 is 79.7 Å². The number of nitrogens with one attached hydrogen (secondary N) is 1. The molecule has 3 heterocycles. The molecule has 3 aliphatic rings. The van der Waals surface area contributed by atoms with Crippen LogP contribution >= 0.6 is 0 Å². The summed E-state index contributed by atoms with van der Waals surface area (Å²) in [6.45, 7) is 6.05. The van der Waals surface area contributed by atoms with Gasteiger partial charge in [-0.2, -0.15) is 0 Å². The van der Waals surface area contributed by atoms with Crippen LogP contribution in [-0.2, 0) is 33.2 Å². The lowest BCUT2D eigenvalue weighted by Gasteiger charge is -2.42. The molecule has 31 heavy (non-hydrogen) atoms. The number of aliphatic hydroxyl groups excluding tert-OH is 4. The van der Waals surface area contributed by atoms with Gasteiger partial charge in [0, 0.05) is 13.5 Å². The molecule has 12 heteroatoms. The van der Waals surface area contributed by atoms with Gasteiger partial charge in [-0.15, -0.1) is 0 Å². The Morgan fingerprint density at radius 2 is 1.87 bits per heavy atom. The van der Waals surface area contributed by atoms with Crippen molar-refractivity contribution in [1.82, 2.24) is 5.32 Å². The van der Waals surface area contributed by atoms with Crippen LogP contribution in [0.25, 0.3) is 0 Å². The third-order valence-electron chi connectivity index (χ3n) is 5.45. The van der Waals surface area contributed by atoms with Crippen molar-refractivity contribution in [3.63, 3.8) is 0 Å². The van der Waals surface area contributed by atoms with Crippen LogP contribution in [0, 0.1) is 0 Å². The molecule has 1 unspecified atom stereocenters. The molecular formula is C19H33NO11. The third kappa shape index (κ3) is 5.36. The van der Waals surface area contributed by atoms with E-state index in [1.807, 2.05) is 6.92 Å². The van der Waals surface area contributed by atoms with Crippen LogP contribution in [-0.4, -0.2) is 113 Å². The lowest BCUT2D eigenvalue weighted by atomic mass is 9.97. The molecule has 10 atom stereocenters. The maximum atomic E-state index is 11.5. The molecule has 3 fully saturated rings. The van der Waals surface area contributed by atoms with E-state index in [0.717, 1.165) is 0 Å². The molecule has 3 saturated heterocycles. The number of amides is 1. The van der Waals surface area contributed by atoms with Crippen molar-refractivity contribution in [1.29, 1.82) is 0 Å². The van der Waals surface area contributed by atoms with Gasteiger partial charge in [-0.1, -0.05) is 0 Å². The molecule has 180 valence electrons. The van der Waals surface area contributed by atoms with E-state index >= 15 is 0 Å². The Bertz CT molecular complexity index is 620. The van der Waals surface area contributed by atoms with Crippen LogP contribution in [0.15, 0.2) is 0 Å². The van der Waals surface area contributed by atoms with Gasteiger partial charge >= 0.3 is 0 Å². The predicted molar refractivity (Wildman–Crippen MR) is 101 cm³/mol. The highest BCUT2D eigenvalue weighted by Crippen LogP contribution is 2.39. The fourth-order valence-corrected chi connectivity index (χ4v) is 4.10. The first kappa shape index (κ1) is 24.7. The van der Waals surface area contributed by atoms with Crippen LogP contribution in [0.1, 0.15) is 27.7 Å². The number of hydrogen-bond acceptors (Lipinski definition) is 11. The van der Waals surface area contributed by atoms with Gasteiger partial charge in [0.1, 0.15) is 48.8 Å². The SMILES string of the molecule is CCO[C@@H]1[C@H]2OC(C)(C)O[C@H]2O[C@@H]1C(O)CO[C@@H]1O[C@H](CO)[C@@H](O)[C@H](O)[C@H]1NC(C)=O. The molecule has 0 aromatic rings. The molecule has 0 saturated carbocycles. The Kier molecular flexibility index (Phi) is 7.90. The summed E-state index contributed by atoms with van der Waals surface area (Å²) in [6.07, 6.45) is -9.07. The van der Waals surface area contributed by atoms with Gasteiger partial charge in [-0.3, -0.25) is 4.79 Å². The quantitative estimate of drug-likeness (QED) is 0.267. The van der Waals surface area contributed by atoms with Gasteiger partial charge < -0.3 is 54.2 Å². The van der Waals surface area contributed by atoms with Crippen molar-refractivity contribution in [2.75, 3.05) is 19.8 Å². The van der Waals surface area contributed by atoms with E-state index in [4.69, 9.17) is 28.4 Å². The summed E-state index contributed by atoms with van der Waals surface area (Å²) in [4.78, 5) is 11.5. The van der Waals surface area contributed by atoms with E-state index in [1.54, 1.807) is 13.8 Å². The van der Waals surface area contributed by atoms with Crippen molar-refractivity contribution in [2.24, 2.45) is 0 Å². The van der Waals surface area contributed by atoms with Crippen LogP contribution in [0.4, 0.5) is 0 Å². The Balaban J connectivity index is 1.65. The van der Waals surface area contributed by atoms with Crippen molar-refractivity contribution in [3.05, 3.63) is 0 Å². The molecule has 5 N–H and O–H groups in total. The van der Waals surface area contributed by atoms with E-state index in [9.17, 15) is 25.2 Å². The molecule has 0 radical (unpaired) electrons. The zero-order valence-electron chi connectivity index (χ0n) is 18.0. The van der Waals surface area contributed by atoms with E-state index in [0.29, 0.717) is 6.61 Å². The summed E-state index contributed by atoms with van der Waals surface area (Å²) >= 11 is 0. The Labute approximate surface area is 180 Å². The number of rotatable bonds is 8. The Morgan fingerprint density at radius 3 is 2.48 bits per heavy atom. The second kappa shape index (κ2) is 9.91. The average molecular weight is 451 g/mol. The maximum Gasteiger partial charge on any atom is 0.217 e. The Morgan fingerprint density at radius 1 is 1.16 bits per heavy atom. The number of aliphatic hydroxyl groups is 4. The summed E-state index contributed by atoms with van der Waals surface area (Å²) in [7, 11) is 0. The molecule has 0 aromatic carbocycles. The first-order chi connectivity index (χ1) is 14.6. The fourth-order valence-electron chi connectivity index (χ4n) is 4.10. The highest BCUT2D eigenvalue weighted by molar-refractivity contribution is 5.73. The zero-order valence-corrected chi connectivity index (χ0v) is 18.0. The van der Waals surface area contributed by atoms with Crippen molar-refractivity contribution < 1.29 is 53.6 Å². The average Bonchev–Trinajstić information content (AvgIpc) is 3.17. The highest BCUT2D eigenvalue weighted by Gasteiger charge is 2.57. The van der Waals surface area contributed by atoms with Gasteiger partial charge in [0.15, 0.2) is 18.4 Å². The van der Waals surface area contributed by atoms with Crippen molar-refractivity contribution in [2.45, 2.75) is 94.8 Å². The van der Waals surface area contributed by atoms with E-state index in [-0.39, 0.29) is 6.61 Å². The van der Waals surface area contributed by atoms with Crippen LogP contribution in [0.5, 0.6) is 0 Å². The fraction of sp³-hybridized carbons (Fsp3) is 0.947. The van der Waals surface area contributed by atoms with E-state index in [2.05, 4.69) is 5.32 Å². The van der Waals surface area contributed by atoms with Gasteiger partial charge in [-0.05, 0) is 20.8 Å². The summed E-state index contributed by atoms with van der Waals surface area (Å²) in [5, 5.41) is 43.0. The highest BCUT2D eigenvalue weighted by atomic mass is 16.8. The third-order valence-corrected chi connectivity index (χ3v) is 5.45. The lowest BCUT2D eigenvalue weighted by Crippen LogP contribution is -2.64. The van der Waals surface area contributed by atoms with Gasteiger partial charge in [-0.25, -0.2) is 0 Å². The molecular weight excluding hydrogens is 418 g/mol. The Hall–Kier alpha value is -0.930. The molecule has 0 aromatic heterocycles. The smallest absolute Gasteiger partial charge is 0.217 e. The van der Waals surface area contributed by atoms with Gasteiger partial charge in [0.2, 0.25) is 5.91 Å². The van der Waals surface area contributed by atoms with Crippen LogP contribution in [0.2, 0.25) is 0 Å². The van der Waals surface area contributed by atoms with Crippen molar-refractivity contribution in [3.8, 4) is 0 Å². The number of ether oxygens (including phenoxy) is 6. The molecule has 12 nitrogen and oxygen atoms in total. The number of carbonyl (C=O) groups is 1. The second-order valence-corrected chi connectivity index (χ2v) is 8.32. The lowest BCUT2D eigenvalue weighted by molar-refractivity contribution is -0.280. The minimum atomic E-state index is -1.45. The maximum absolute atomic E-state index is 11.5. The minimum absolute atomic E-state index is 0.307. The van der Waals surface area contributed by atoms with Gasteiger partial charge in [0.25, 0.3) is 0 Å². The molecule has 1 amide bonds. The first-order valence-electron chi connectivity index (χ1n) is 10.4. The standard InChI is InChI=1S/C19H33NO11/c1-5-26-15-14(29-18-16(15)30-19(3,4)31-18)9(23)7-27-17-11(20-8(2)22)13(25)12(24)10(6-21)28-17/h9-18,21,23-25H,5-7H2,1-4H3,(H,20,22)/t9?,10-,11-,12-,13-,14-,15+,16-,17-,18-/m1/s1. The molecule has 0 aliphatic carbocycles. The zero-order chi connectivity index (χ0) is 22.9. The summed E-state index contributed by atoms with van der Waals surface area (Å²) in [5.74, 6) is -1.31. The van der Waals surface area contributed by atoms with Crippen molar-refractivity contribution >= 4 is 5.91 Å². The second-order valence-electron chi connectivity index (χ2n) is 8.32.